The molecule has 1 rings (SSSR count). The number of ether oxygens (including phenoxy) is 1. The van der Waals surface area contributed by atoms with Crippen LogP contribution in [0.25, 0.3) is 0 Å². The first-order valence-corrected chi connectivity index (χ1v) is 4.68. The number of carbonyl (C=O) groups is 1. The Hall–Kier alpha value is -0.770. The lowest BCUT2D eigenvalue weighted by Crippen LogP contribution is -2.61. The molecule has 0 saturated carbocycles. The van der Waals surface area contributed by atoms with Gasteiger partial charge in [-0.2, -0.15) is 0 Å². The molecule has 1 aliphatic heterocycles. The van der Waals surface area contributed by atoms with Crippen molar-refractivity contribution in [2.45, 2.75) is 36.6 Å². The average molecular weight is 237 g/mol. The van der Waals surface area contributed by atoms with Gasteiger partial charge in [-0.05, 0) is 0 Å². The van der Waals surface area contributed by atoms with Crippen LogP contribution in [0, 0.1) is 0 Å². The highest BCUT2D eigenvalue weighted by Crippen LogP contribution is 2.19. The summed E-state index contributed by atoms with van der Waals surface area (Å²) in [6.45, 7) is -0.313. The van der Waals surface area contributed by atoms with E-state index in [1.54, 1.807) is 0 Å². The van der Waals surface area contributed by atoms with Crippen LogP contribution in [0.15, 0.2) is 0 Å². The Bertz CT molecular complexity index is 261. The maximum absolute atomic E-state index is 10.5. The summed E-state index contributed by atoms with van der Waals surface area (Å²) in [5.74, 6) is -1.45. The molecule has 0 amide bonds. The number of rotatable bonds is 3. The van der Waals surface area contributed by atoms with Gasteiger partial charge in [-0.1, -0.05) is 0 Å². The van der Waals surface area contributed by atoms with Crippen LogP contribution < -0.4 is 5.73 Å². The smallest absolute Gasteiger partial charge is 0.323 e. The molecule has 0 aromatic rings. The first kappa shape index (κ1) is 13.3. The molecule has 0 radical (unpaired) electrons. The van der Waals surface area contributed by atoms with Gasteiger partial charge in [-0.15, -0.1) is 0 Å². The molecule has 1 aliphatic rings. The van der Waals surface area contributed by atoms with Crippen molar-refractivity contribution in [3.05, 3.63) is 0 Å². The molecule has 0 aromatic carbocycles. The largest absolute Gasteiger partial charge is 0.480 e. The van der Waals surface area contributed by atoms with Gasteiger partial charge in [0.15, 0.2) is 0 Å². The van der Waals surface area contributed by atoms with E-state index in [1.807, 2.05) is 0 Å². The average Bonchev–Trinajstić information content (AvgIpc) is 2.24. The number of aliphatic hydroxyl groups excluding tert-OH is 4. The normalized spacial score (nSPS) is 39.1. The minimum Gasteiger partial charge on any atom is -0.480 e. The Morgan fingerprint density at radius 2 is 1.88 bits per heavy atom. The fourth-order valence-electron chi connectivity index (χ4n) is 1.48. The number of carboxylic acids is 1. The predicted molar refractivity (Wildman–Crippen MR) is 49.4 cm³/mol. The molecule has 1 heterocycles. The van der Waals surface area contributed by atoms with Crippen LogP contribution in [0.1, 0.15) is 0 Å². The van der Waals surface area contributed by atoms with Crippen molar-refractivity contribution in [2.75, 3.05) is 6.61 Å². The number of carboxylic acid groups (broad SMARTS) is 1. The van der Waals surface area contributed by atoms with Crippen molar-refractivity contribution < 1.29 is 35.1 Å². The second-order valence-electron chi connectivity index (χ2n) is 3.70. The van der Waals surface area contributed by atoms with E-state index in [2.05, 4.69) is 0 Å². The van der Waals surface area contributed by atoms with Gasteiger partial charge in [0.2, 0.25) is 0 Å². The Labute approximate surface area is 90.9 Å². The topological polar surface area (TPSA) is 153 Å². The van der Waals surface area contributed by atoms with Crippen molar-refractivity contribution in [1.82, 2.24) is 0 Å². The molecule has 0 bridgehead atoms. The molecule has 8 heteroatoms. The second-order valence-corrected chi connectivity index (χ2v) is 3.70. The van der Waals surface area contributed by atoms with E-state index in [0.717, 1.165) is 0 Å². The molecule has 1 saturated heterocycles. The Morgan fingerprint density at radius 1 is 1.31 bits per heavy atom. The summed E-state index contributed by atoms with van der Waals surface area (Å²) >= 11 is 0. The molecule has 7 N–H and O–H groups in total. The zero-order valence-corrected chi connectivity index (χ0v) is 8.30. The zero-order valence-electron chi connectivity index (χ0n) is 8.30. The fraction of sp³-hybridized carbons (Fsp3) is 0.875. The van der Waals surface area contributed by atoms with Crippen LogP contribution in [0.2, 0.25) is 0 Å². The van der Waals surface area contributed by atoms with E-state index in [1.165, 1.54) is 0 Å². The lowest BCUT2D eigenvalue weighted by molar-refractivity contribution is -0.214. The number of nitrogens with two attached hydrogens (primary N) is 1. The van der Waals surface area contributed by atoms with Gasteiger partial charge in [-0.25, -0.2) is 0 Å². The number of hydrogen-bond acceptors (Lipinski definition) is 7. The van der Waals surface area contributed by atoms with Crippen molar-refractivity contribution in [3.8, 4) is 0 Å². The second kappa shape index (κ2) is 5.04. The number of hydrogen-bond donors (Lipinski definition) is 6. The monoisotopic (exact) mass is 237 g/mol. The van der Waals surface area contributed by atoms with E-state index in [9.17, 15) is 20.1 Å². The molecular weight excluding hydrogens is 222 g/mol. The highest BCUT2D eigenvalue weighted by atomic mass is 16.5. The van der Waals surface area contributed by atoms with Gasteiger partial charge >= 0.3 is 5.97 Å². The molecule has 0 aromatic heterocycles. The fourth-order valence-corrected chi connectivity index (χ4v) is 1.48. The molecule has 0 aliphatic carbocycles. The lowest BCUT2D eigenvalue weighted by Gasteiger charge is -2.38. The summed E-state index contributed by atoms with van der Waals surface area (Å²) in [6.07, 6.45) is -7.39. The van der Waals surface area contributed by atoms with Crippen LogP contribution in [0.5, 0.6) is 0 Å². The maximum Gasteiger partial charge on any atom is 0.323 e. The summed E-state index contributed by atoms with van der Waals surface area (Å²) in [6, 6.07) is -1.64. The molecule has 8 nitrogen and oxygen atoms in total. The minimum absolute atomic E-state index is 0.313. The lowest BCUT2D eigenvalue weighted by atomic mass is 9.93. The van der Waals surface area contributed by atoms with Crippen molar-refractivity contribution in [3.63, 3.8) is 0 Å². The van der Waals surface area contributed by atoms with Gasteiger partial charge in [0.25, 0.3) is 0 Å². The van der Waals surface area contributed by atoms with Gasteiger partial charge in [0.1, 0.15) is 36.6 Å². The number of aliphatic carboxylic acids is 1. The Balaban J connectivity index is 2.70. The molecule has 6 atom stereocenters. The molecular formula is C8H15NO7. The Morgan fingerprint density at radius 3 is 2.38 bits per heavy atom. The van der Waals surface area contributed by atoms with Crippen LogP contribution in [0.3, 0.4) is 0 Å². The first-order chi connectivity index (χ1) is 7.36. The van der Waals surface area contributed by atoms with Crippen LogP contribution >= 0.6 is 0 Å². The van der Waals surface area contributed by atoms with E-state index < -0.39 is 42.5 Å². The first-order valence-electron chi connectivity index (χ1n) is 4.68. The summed E-state index contributed by atoms with van der Waals surface area (Å²) in [5.41, 5.74) is 5.15. The minimum atomic E-state index is -1.67. The van der Waals surface area contributed by atoms with E-state index in [4.69, 9.17) is 20.7 Å². The molecule has 94 valence electrons. The van der Waals surface area contributed by atoms with Crippen molar-refractivity contribution in [1.29, 1.82) is 0 Å². The highest BCUT2D eigenvalue weighted by molar-refractivity contribution is 5.74. The molecule has 2 unspecified atom stereocenters. The third-order valence-corrected chi connectivity index (χ3v) is 2.53. The quantitative estimate of drug-likeness (QED) is 0.292. The van der Waals surface area contributed by atoms with Gasteiger partial charge in [0.05, 0.1) is 6.61 Å². The SMILES string of the molecule is N[C@H](C(=O)O)C(O)C1OC[C@@H](O)[C@H](O)[C@H]1O. The number of aliphatic hydroxyl groups is 4. The van der Waals surface area contributed by atoms with Gasteiger partial charge < -0.3 is 36.0 Å². The summed E-state index contributed by atoms with van der Waals surface area (Å²) in [7, 11) is 0. The molecule has 0 spiro atoms. The third-order valence-electron chi connectivity index (χ3n) is 2.53. The van der Waals surface area contributed by atoms with Gasteiger partial charge in [0, 0.05) is 0 Å². The van der Waals surface area contributed by atoms with E-state index in [0.29, 0.717) is 0 Å². The molecule has 16 heavy (non-hydrogen) atoms. The third kappa shape index (κ3) is 2.48. The molecule has 1 fully saturated rings. The van der Waals surface area contributed by atoms with Crippen LogP contribution in [-0.4, -0.2) is 74.7 Å². The van der Waals surface area contributed by atoms with E-state index >= 15 is 0 Å². The summed E-state index contributed by atoms with van der Waals surface area (Å²) in [5, 5.41) is 46.0. The van der Waals surface area contributed by atoms with Crippen LogP contribution in [-0.2, 0) is 9.53 Å². The summed E-state index contributed by atoms with van der Waals surface area (Å²) in [4.78, 5) is 10.5. The summed E-state index contributed by atoms with van der Waals surface area (Å²) < 4.78 is 4.85. The van der Waals surface area contributed by atoms with E-state index in [-0.39, 0.29) is 6.61 Å². The van der Waals surface area contributed by atoms with Gasteiger partial charge in [-0.3, -0.25) is 4.79 Å². The van der Waals surface area contributed by atoms with Crippen LogP contribution in [0.4, 0.5) is 0 Å². The van der Waals surface area contributed by atoms with Crippen molar-refractivity contribution >= 4 is 5.97 Å². The maximum atomic E-state index is 10.5. The standard InChI is InChI=1S/C8H15NO7/c9-3(8(14)15)5(12)7-6(13)4(11)2(10)1-16-7/h2-7,10-13H,1,9H2,(H,14,15)/t2-,3+,4+,5?,6-,7?/m1/s1. The zero-order chi connectivity index (χ0) is 12.5. The van der Waals surface area contributed by atoms with Crippen molar-refractivity contribution in [2.24, 2.45) is 5.73 Å². The highest BCUT2D eigenvalue weighted by Gasteiger charge is 2.44. The Kier molecular flexibility index (Phi) is 4.19. The predicted octanol–water partition coefficient (Wildman–Crippen LogP) is -3.76.